The summed E-state index contributed by atoms with van der Waals surface area (Å²) in [6, 6.07) is 8.13. The van der Waals surface area contributed by atoms with E-state index in [4.69, 9.17) is 0 Å². The lowest BCUT2D eigenvalue weighted by atomic mass is 10.1. The zero-order chi connectivity index (χ0) is 14.5. The van der Waals surface area contributed by atoms with E-state index in [1.165, 1.54) is 16.9 Å². The van der Waals surface area contributed by atoms with Gasteiger partial charge in [0.05, 0.1) is 0 Å². The highest BCUT2D eigenvalue weighted by atomic mass is 19.3. The van der Waals surface area contributed by atoms with Crippen LogP contribution in [0, 0.1) is 5.82 Å². The lowest BCUT2D eigenvalue weighted by Gasteiger charge is -2.13. The summed E-state index contributed by atoms with van der Waals surface area (Å²) in [6.07, 6.45) is -0.447. The quantitative estimate of drug-likeness (QED) is 0.881. The number of halogens is 3. The third-order valence-electron chi connectivity index (χ3n) is 2.84. The maximum Gasteiger partial charge on any atom is 0.257 e. The van der Waals surface area contributed by atoms with E-state index in [9.17, 15) is 13.2 Å². The molecule has 1 N–H and O–H groups in total. The molecule has 108 valence electrons. The summed E-state index contributed by atoms with van der Waals surface area (Å²) in [4.78, 5) is 0. The maximum atomic E-state index is 13.5. The molecule has 0 saturated carbocycles. The fourth-order valence-electron chi connectivity index (χ4n) is 1.98. The molecule has 0 saturated heterocycles. The van der Waals surface area contributed by atoms with Gasteiger partial charge < -0.3 is 5.32 Å². The Kier molecular flexibility index (Phi) is 4.65. The standard InChI is InChI=1S/C14H16F3N3/c1-10(8-11-4-2-3-5-12(11)15)18-14-6-7-20(19-14)9-13(16)17/h2-7,10,13H,8-9H2,1H3,(H,18,19)/t10-/m0/s1. The van der Waals surface area contributed by atoms with E-state index in [2.05, 4.69) is 10.4 Å². The van der Waals surface area contributed by atoms with Gasteiger partial charge >= 0.3 is 0 Å². The summed E-state index contributed by atoms with van der Waals surface area (Å²) >= 11 is 0. The molecule has 0 aliphatic heterocycles. The van der Waals surface area contributed by atoms with E-state index in [-0.39, 0.29) is 11.9 Å². The first-order chi connectivity index (χ1) is 9.54. The van der Waals surface area contributed by atoms with Gasteiger partial charge in [0.2, 0.25) is 0 Å². The van der Waals surface area contributed by atoms with Crippen molar-refractivity contribution >= 4 is 5.82 Å². The van der Waals surface area contributed by atoms with Gasteiger partial charge in [-0.2, -0.15) is 5.10 Å². The summed E-state index contributed by atoms with van der Waals surface area (Å²) in [7, 11) is 0. The molecule has 0 radical (unpaired) electrons. The van der Waals surface area contributed by atoms with Gasteiger partial charge in [-0.25, -0.2) is 13.2 Å². The second-order valence-electron chi connectivity index (χ2n) is 4.66. The Hall–Kier alpha value is -1.98. The second-order valence-corrected chi connectivity index (χ2v) is 4.66. The van der Waals surface area contributed by atoms with Gasteiger partial charge in [0.25, 0.3) is 6.43 Å². The van der Waals surface area contributed by atoms with Crippen molar-refractivity contribution in [1.29, 1.82) is 0 Å². The first-order valence-corrected chi connectivity index (χ1v) is 6.36. The summed E-state index contributed by atoms with van der Waals surface area (Å²) in [5, 5.41) is 7.05. The van der Waals surface area contributed by atoms with Gasteiger partial charge in [-0.05, 0) is 25.0 Å². The van der Waals surface area contributed by atoms with Crippen molar-refractivity contribution in [3.05, 3.63) is 47.9 Å². The highest BCUT2D eigenvalue weighted by molar-refractivity contribution is 5.34. The molecule has 1 aromatic carbocycles. The largest absolute Gasteiger partial charge is 0.366 e. The van der Waals surface area contributed by atoms with Crippen LogP contribution in [0.2, 0.25) is 0 Å². The highest BCUT2D eigenvalue weighted by Crippen LogP contribution is 2.12. The summed E-state index contributed by atoms with van der Waals surface area (Å²) in [6.45, 7) is 1.46. The number of hydrogen-bond donors (Lipinski definition) is 1. The van der Waals surface area contributed by atoms with Crippen LogP contribution in [-0.4, -0.2) is 22.2 Å². The second kappa shape index (κ2) is 6.45. The molecule has 0 fully saturated rings. The Labute approximate surface area is 115 Å². The van der Waals surface area contributed by atoms with E-state index in [1.54, 1.807) is 24.3 Å². The molecule has 0 unspecified atom stereocenters. The molecule has 2 rings (SSSR count). The molecule has 1 aromatic heterocycles. The molecule has 3 nitrogen and oxygen atoms in total. The zero-order valence-corrected chi connectivity index (χ0v) is 11.1. The lowest BCUT2D eigenvalue weighted by Crippen LogP contribution is -2.19. The SMILES string of the molecule is C[C@@H](Cc1ccccc1F)Nc1ccn(CC(F)F)n1. The van der Waals surface area contributed by atoms with E-state index in [1.807, 2.05) is 6.92 Å². The lowest BCUT2D eigenvalue weighted by molar-refractivity contribution is 0.122. The van der Waals surface area contributed by atoms with Crippen LogP contribution >= 0.6 is 0 Å². The number of benzene rings is 1. The molecular weight excluding hydrogens is 267 g/mol. The van der Waals surface area contributed by atoms with Gasteiger partial charge in [0.15, 0.2) is 0 Å². The minimum atomic E-state index is -2.43. The first kappa shape index (κ1) is 14.4. The van der Waals surface area contributed by atoms with E-state index >= 15 is 0 Å². The molecule has 0 amide bonds. The predicted octanol–water partition coefficient (Wildman–Crippen LogP) is 3.33. The molecule has 0 aliphatic rings. The van der Waals surface area contributed by atoms with Gasteiger partial charge in [0, 0.05) is 18.3 Å². The number of nitrogens with one attached hydrogen (secondary N) is 1. The third-order valence-corrected chi connectivity index (χ3v) is 2.84. The number of alkyl halides is 2. The van der Waals surface area contributed by atoms with Crippen molar-refractivity contribution in [3.8, 4) is 0 Å². The number of anilines is 1. The number of nitrogens with zero attached hydrogens (tertiary/aromatic N) is 2. The highest BCUT2D eigenvalue weighted by Gasteiger charge is 2.10. The fraction of sp³-hybridized carbons (Fsp3) is 0.357. The van der Waals surface area contributed by atoms with Crippen LogP contribution in [0.5, 0.6) is 0 Å². The molecule has 0 bridgehead atoms. The van der Waals surface area contributed by atoms with Crippen molar-refractivity contribution < 1.29 is 13.2 Å². The maximum absolute atomic E-state index is 13.5. The molecule has 1 heterocycles. The van der Waals surface area contributed by atoms with Gasteiger partial charge in [0.1, 0.15) is 18.2 Å². The first-order valence-electron chi connectivity index (χ1n) is 6.36. The number of aromatic nitrogens is 2. The summed E-state index contributed by atoms with van der Waals surface area (Å²) < 4.78 is 39.1. The number of rotatable bonds is 6. The normalized spacial score (nSPS) is 12.7. The average molecular weight is 283 g/mol. The van der Waals surface area contributed by atoms with E-state index in [0.29, 0.717) is 17.8 Å². The van der Waals surface area contributed by atoms with Crippen LogP contribution < -0.4 is 5.32 Å². The Morgan fingerprint density at radius 2 is 2.00 bits per heavy atom. The van der Waals surface area contributed by atoms with Crippen LogP contribution in [-0.2, 0) is 13.0 Å². The smallest absolute Gasteiger partial charge is 0.257 e. The van der Waals surface area contributed by atoms with Crippen molar-refractivity contribution in [2.75, 3.05) is 5.32 Å². The third kappa shape index (κ3) is 4.01. The molecule has 6 heteroatoms. The Balaban J connectivity index is 1.93. The zero-order valence-electron chi connectivity index (χ0n) is 11.1. The van der Waals surface area contributed by atoms with Crippen LogP contribution in [0.25, 0.3) is 0 Å². The van der Waals surface area contributed by atoms with E-state index in [0.717, 1.165) is 0 Å². The van der Waals surface area contributed by atoms with Crippen molar-refractivity contribution in [3.63, 3.8) is 0 Å². The van der Waals surface area contributed by atoms with Crippen molar-refractivity contribution in [2.45, 2.75) is 32.4 Å². The summed E-state index contributed by atoms with van der Waals surface area (Å²) in [5.41, 5.74) is 0.611. The Morgan fingerprint density at radius 3 is 2.70 bits per heavy atom. The van der Waals surface area contributed by atoms with Crippen LogP contribution in [0.15, 0.2) is 36.5 Å². The molecule has 20 heavy (non-hydrogen) atoms. The predicted molar refractivity (Wildman–Crippen MR) is 71.4 cm³/mol. The topological polar surface area (TPSA) is 29.9 Å². The van der Waals surface area contributed by atoms with E-state index < -0.39 is 13.0 Å². The minimum absolute atomic E-state index is 0.0539. The molecular formula is C14H16F3N3. The average Bonchev–Trinajstić information content (AvgIpc) is 2.78. The molecule has 0 aliphatic carbocycles. The van der Waals surface area contributed by atoms with Gasteiger partial charge in [-0.1, -0.05) is 18.2 Å². The van der Waals surface area contributed by atoms with Crippen LogP contribution in [0.1, 0.15) is 12.5 Å². The number of hydrogen-bond acceptors (Lipinski definition) is 2. The molecule has 0 spiro atoms. The fourth-order valence-corrected chi connectivity index (χ4v) is 1.98. The Bertz CT molecular complexity index is 554. The van der Waals surface area contributed by atoms with Crippen molar-refractivity contribution in [1.82, 2.24) is 9.78 Å². The minimum Gasteiger partial charge on any atom is -0.366 e. The van der Waals surface area contributed by atoms with Crippen LogP contribution in [0.4, 0.5) is 19.0 Å². The van der Waals surface area contributed by atoms with Crippen molar-refractivity contribution in [2.24, 2.45) is 0 Å². The van der Waals surface area contributed by atoms with Gasteiger partial charge in [-0.3, -0.25) is 4.68 Å². The summed E-state index contributed by atoms with van der Waals surface area (Å²) in [5.74, 6) is 0.263. The van der Waals surface area contributed by atoms with Crippen LogP contribution in [0.3, 0.4) is 0 Å². The molecule has 2 aromatic rings. The van der Waals surface area contributed by atoms with Gasteiger partial charge in [-0.15, -0.1) is 0 Å². The molecule has 1 atom stereocenters. The Morgan fingerprint density at radius 1 is 1.25 bits per heavy atom. The monoisotopic (exact) mass is 283 g/mol.